The van der Waals surface area contributed by atoms with E-state index in [9.17, 15) is 4.79 Å². The first-order chi connectivity index (χ1) is 11.6. The van der Waals surface area contributed by atoms with Gasteiger partial charge in [-0.15, -0.1) is 0 Å². The molecule has 1 heterocycles. The first-order valence-electron chi connectivity index (χ1n) is 8.16. The lowest BCUT2D eigenvalue weighted by Crippen LogP contribution is -2.27. The number of aromatic nitrogens is 1. The van der Waals surface area contributed by atoms with Crippen molar-refractivity contribution in [1.82, 2.24) is 10.3 Å². The van der Waals surface area contributed by atoms with Crippen LogP contribution in [0.5, 0.6) is 0 Å². The molecule has 0 saturated carbocycles. The van der Waals surface area contributed by atoms with Crippen molar-refractivity contribution >= 4 is 11.7 Å². The highest BCUT2D eigenvalue weighted by Crippen LogP contribution is 2.16. The number of benzene rings is 1. The summed E-state index contributed by atoms with van der Waals surface area (Å²) in [5.41, 5.74) is 1.74. The van der Waals surface area contributed by atoms with Crippen LogP contribution in [0, 0.1) is 0 Å². The van der Waals surface area contributed by atoms with Crippen LogP contribution in [-0.4, -0.2) is 38.1 Å². The molecule has 0 aliphatic heterocycles. The van der Waals surface area contributed by atoms with Gasteiger partial charge in [-0.1, -0.05) is 30.3 Å². The van der Waals surface area contributed by atoms with Crippen LogP contribution >= 0.6 is 0 Å². The standard InChI is InChI=1S/C19H25N3O2/c1-15(16-9-5-4-6-10-16)24-14-8-13-21-19(23)17-11-7-12-20-18(17)22(2)3/h4-7,9-12,15H,8,13-14H2,1-3H3,(H,21,23). The molecule has 2 rings (SSSR count). The third-order valence-corrected chi connectivity index (χ3v) is 3.70. The van der Waals surface area contributed by atoms with Gasteiger partial charge in [-0.05, 0) is 31.0 Å². The second-order valence-corrected chi connectivity index (χ2v) is 5.80. The van der Waals surface area contributed by atoms with Crippen molar-refractivity contribution in [3.63, 3.8) is 0 Å². The molecule has 5 nitrogen and oxygen atoms in total. The number of nitrogens with one attached hydrogen (secondary N) is 1. The first-order valence-corrected chi connectivity index (χ1v) is 8.16. The van der Waals surface area contributed by atoms with Gasteiger partial charge in [0.15, 0.2) is 0 Å². The quantitative estimate of drug-likeness (QED) is 0.757. The van der Waals surface area contributed by atoms with E-state index in [0.29, 0.717) is 24.5 Å². The normalized spacial score (nSPS) is 11.8. The van der Waals surface area contributed by atoms with Gasteiger partial charge in [0.25, 0.3) is 5.91 Å². The van der Waals surface area contributed by atoms with Gasteiger partial charge in [-0.25, -0.2) is 4.98 Å². The number of amides is 1. The zero-order chi connectivity index (χ0) is 17.4. The van der Waals surface area contributed by atoms with Gasteiger partial charge >= 0.3 is 0 Å². The summed E-state index contributed by atoms with van der Waals surface area (Å²) in [7, 11) is 3.75. The van der Waals surface area contributed by atoms with Crippen molar-refractivity contribution in [2.45, 2.75) is 19.4 Å². The molecule has 24 heavy (non-hydrogen) atoms. The van der Waals surface area contributed by atoms with E-state index in [-0.39, 0.29) is 12.0 Å². The molecule has 0 aliphatic carbocycles. The molecule has 0 radical (unpaired) electrons. The van der Waals surface area contributed by atoms with E-state index in [0.717, 1.165) is 12.0 Å². The maximum absolute atomic E-state index is 12.3. The average molecular weight is 327 g/mol. The summed E-state index contributed by atoms with van der Waals surface area (Å²) in [6.45, 7) is 3.21. The monoisotopic (exact) mass is 327 g/mol. The lowest BCUT2D eigenvalue weighted by molar-refractivity contribution is 0.0635. The minimum Gasteiger partial charge on any atom is -0.374 e. The molecule has 1 unspecified atom stereocenters. The van der Waals surface area contributed by atoms with Crippen LogP contribution in [0.1, 0.15) is 35.4 Å². The summed E-state index contributed by atoms with van der Waals surface area (Å²) < 4.78 is 5.81. The van der Waals surface area contributed by atoms with Crippen molar-refractivity contribution in [3.05, 3.63) is 59.8 Å². The van der Waals surface area contributed by atoms with Gasteiger partial charge in [0.05, 0.1) is 11.7 Å². The molecular weight excluding hydrogens is 302 g/mol. The third-order valence-electron chi connectivity index (χ3n) is 3.70. The maximum Gasteiger partial charge on any atom is 0.255 e. The number of carbonyl (C=O) groups excluding carboxylic acids is 1. The molecule has 1 aromatic carbocycles. The number of ether oxygens (including phenoxy) is 1. The molecule has 1 aromatic heterocycles. The fraction of sp³-hybridized carbons (Fsp3) is 0.368. The topological polar surface area (TPSA) is 54.5 Å². The number of anilines is 1. The van der Waals surface area contributed by atoms with Crippen LogP contribution in [0.25, 0.3) is 0 Å². The van der Waals surface area contributed by atoms with E-state index in [4.69, 9.17) is 4.74 Å². The minimum atomic E-state index is -0.108. The zero-order valence-corrected chi connectivity index (χ0v) is 14.5. The number of hydrogen-bond donors (Lipinski definition) is 1. The molecule has 128 valence electrons. The zero-order valence-electron chi connectivity index (χ0n) is 14.5. The average Bonchev–Trinajstić information content (AvgIpc) is 2.61. The van der Waals surface area contributed by atoms with Crippen LogP contribution in [0.2, 0.25) is 0 Å². The number of hydrogen-bond acceptors (Lipinski definition) is 4. The molecule has 0 spiro atoms. The first kappa shape index (κ1) is 17.9. The maximum atomic E-state index is 12.3. The molecular formula is C19H25N3O2. The van der Waals surface area contributed by atoms with Crippen molar-refractivity contribution in [2.24, 2.45) is 0 Å². The molecule has 1 atom stereocenters. The Balaban J connectivity index is 1.74. The molecule has 1 N–H and O–H groups in total. The van der Waals surface area contributed by atoms with Gasteiger partial charge in [-0.2, -0.15) is 0 Å². The lowest BCUT2D eigenvalue weighted by Gasteiger charge is -2.16. The van der Waals surface area contributed by atoms with Crippen molar-refractivity contribution in [2.75, 3.05) is 32.1 Å². The Morgan fingerprint density at radius 2 is 1.96 bits per heavy atom. The Morgan fingerprint density at radius 3 is 2.67 bits per heavy atom. The predicted molar refractivity (Wildman–Crippen MR) is 96.3 cm³/mol. The highest BCUT2D eigenvalue weighted by molar-refractivity contribution is 5.98. The van der Waals surface area contributed by atoms with Crippen LogP contribution in [0.4, 0.5) is 5.82 Å². The number of rotatable bonds is 8. The predicted octanol–water partition coefficient (Wildman–Crippen LogP) is 3.05. The summed E-state index contributed by atoms with van der Waals surface area (Å²) in [4.78, 5) is 18.3. The second kappa shape index (κ2) is 9.03. The second-order valence-electron chi connectivity index (χ2n) is 5.80. The van der Waals surface area contributed by atoms with Gasteiger partial charge in [0.1, 0.15) is 5.82 Å². The Morgan fingerprint density at radius 1 is 1.21 bits per heavy atom. The summed E-state index contributed by atoms with van der Waals surface area (Å²) in [5, 5.41) is 2.92. The summed E-state index contributed by atoms with van der Waals surface area (Å²) in [6.07, 6.45) is 2.51. The summed E-state index contributed by atoms with van der Waals surface area (Å²) in [6, 6.07) is 13.7. The molecule has 0 fully saturated rings. The van der Waals surface area contributed by atoms with Gasteiger partial charge in [0, 0.05) is 33.4 Å². The molecule has 1 amide bonds. The van der Waals surface area contributed by atoms with Crippen molar-refractivity contribution in [3.8, 4) is 0 Å². The van der Waals surface area contributed by atoms with E-state index in [1.165, 1.54) is 0 Å². The molecule has 0 bridgehead atoms. The number of nitrogens with zero attached hydrogens (tertiary/aromatic N) is 2. The Bertz CT molecular complexity index is 644. The molecule has 0 aliphatic rings. The molecule has 2 aromatic rings. The van der Waals surface area contributed by atoms with Crippen LogP contribution < -0.4 is 10.2 Å². The van der Waals surface area contributed by atoms with Crippen molar-refractivity contribution in [1.29, 1.82) is 0 Å². The number of carbonyl (C=O) groups is 1. The van der Waals surface area contributed by atoms with E-state index in [1.807, 2.05) is 44.1 Å². The SMILES string of the molecule is CC(OCCCNC(=O)c1cccnc1N(C)C)c1ccccc1. The van der Waals surface area contributed by atoms with Crippen molar-refractivity contribution < 1.29 is 9.53 Å². The van der Waals surface area contributed by atoms with Crippen LogP contribution in [-0.2, 0) is 4.74 Å². The minimum absolute atomic E-state index is 0.0561. The smallest absolute Gasteiger partial charge is 0.255 e. The third kappa shape index (κ3) is 5.06. The van der Waals surface area contributed by atoms with E-state index < -0.39 is 0 Å². The van der Waals surface area contributed by atoms with Gasteiger partial charge < -0.3 is 15.0 Å². The Hall–Kier alpha value is -2.40. The fourth-order valence-corrected chi connectivity index (χ4v) is 2.38. The van der Waals surface area contributed by atoms with E-state index >= 15 is 0 Å². The largest absolute Gasteiger partial charge is 0.374 e. The fourth-order valence-electron chi connectivity index (χ4n) is 2.38. The van der Waals surface area contributed by atoms with Gasteiger partial charge in [-0.3, -0.25) is 4.79 Å². The Labute approximate surface area is 143 Å². The Kier molecular flexibility index (Phi) is 6.75. The number of pyridine rings is 1. The lowest BCUT2D eigenvalue weighted by atomic mass is 10.1. The van der Waals surface area contributed by atoms with Gasteiger partial charge in [0.2, 0.25) is 0 Å². The van der Waals surface area contributed by atoms with Crippen LogP contribution in [0.3, 0.4) is 0 Å². The highest BCUT2D eigenvalue weighted by atomic mass is 16.5. The summed E-state index contributed by atoms with van der Waals surface area (Å²) >= 11 is 0. The molecule has 0 saturated heterocycles. The van der Waals surface area contributed by atoms with E-state index in [1.54, 1.807) is 18.3 Å². The van der Waals surface area contributed by atoms with Crippen LogP contribution in [0.15, 0.2) is 48.7 Å². The molecule has 5 heteroatoms. The summed E-state index contributed by atoms with van der Waals surface area (Å²) in [5.74, 6) is 0.562. The van der Waals surface area contributed by atoms with E-state index in [2.05, 4.69) is 22.4 Å². The highest BCUT2D eigenvalue weighted by Gasteiger charge is 2.13.